The maximum Gasteiger partial charge on any atom is 0.344 e. The molecule has 40 heavy (non-hydrogen) atoms. The Labute approximate surface area is 238 Å². The average Bonchev–Trinajstić information content (AvgIpc) is 3.44. The normalized spacial score (nSPS) is 11.9. The topological polar surface area (TPSA) is 72.6 Å². The summed E-state index contributed by atoms with van der Waals surface area (Å²) in [6, 6.07) is 30.6. The summed E-state index contributed by atoms with van der Waals surface area (Å²) in [6.07, 6.45) is 9.00. The summed E-state index contributed by atoms with van der Waals surface area (Å²) in [7, 11) is 0. The highest BCUT2D eigenvalue weighted by atomic mass is 16.5. The second-order valence-corrected chi connectivity index (χ2v) is 10.5. The van der Waals surface area contributed by atoms with E-state index in [0.717, 1.165) is 55.5 Å². The maximum atomic E-state index is 11.8. The molecule has 1 unspecified atom stereocenters. The number of hydrogen-bond donors (Lipinski definition) is 1. The van der Waals surface area contributed by atoms with Gasteiger partial charge in [0.25, 0.3) is 0 Å². The van der Waals surface area contributed by atoms with Crippen LogP contribution in [0.1, 0.15) is 92.4 Å². The quantitative estimate of drug-likeness (QED) is 0.136. The molecule has 0 spiro atoms. The number of ether oxygens (including phenoxy) is 1. The molecule has 1 N–H and O–H groups in total. The Morgan fingerprint density at radius 1 is 0.800 bits per heavy atom. The molecule has 210 valence electrons. The predicted molar refractivity (Wildman–Crippen MR) is 159 cm³/mol. The van der Waals surface area contributed by atoms with Gasteiger partial charge in [-0.25, -0.2) is 4.79 Å². The zero-order valence-corrected chi connectivity index (χ0v) is 23.5. The van der Waals surface area contributed by atoms with E-state index in [1.54, 1.807) is 0 Å². The summed E-state index contributed by atoms with van der Waals surface area (Å²) in [4.78, 5) is 11.8. The van der Waals surface area contributed by atoms with Crippen LogP contribution in [0.3, 0.4) is 0 Å². The Balaban J connectivity index is 1.31. The number of benzene rings is 3. The Kier molecular flexibility index (Phi) is 11.4. The van der Waals surface area contributed by atoms with Crippen LogP contribution in [0.15, 0.2) is 95.5 Å². The minimum absolute atomic E-state index is 0.00370. The van der Waals surface area contributed by atoms with E-state index in [2.05, 4.69) is 48.5 Å². The van der Waals surface area contributed by atoms with Gasteiger partial charge in [-0.3, -0.25) is 0 Å². The van der Waals surface area contributed by atoms with Crippen LogP contribution < -0.4 is 4.74 Å². The third-order valence-corrected chi connectivity index (χ3v) is 7.30. The third-order valence-electron chi connectivity index (χ3n) is 7.30. The molecule has 0 aliphatic rings. The lowest BCUT2D eigenvalue weighted by atomic mass is 9.89. The van der Waals surface area contributed by atoms with Crippen LogP contribution in [0.2, 0.25) is 0 Å². The average molecular weight is 540 g/mol. The molecular weight excluding hydrogens is 498 g/mol. The minimum atomic E-state index is -0.898. The van der Waals surface area contributed by atoms with Crippen LogP contribution in [0, 0.1) is 0 Å². The molecule has 1 aromatic heterocycles. The second kappa shape index (κ2) is 15.7. The van der Waals surface area contributed by atoms with Crippen LogP contribution in [-0.4, -0.2) is 22.3 Å². The Hall–Kier alpha value is -3.86. The molecule has 0 saturated carbocycles. The number of unbranched alkanes of at least 4 members (excludes halogenated alkanes) is 5. The summed E-state index contributed by atoms with van der Waals surface area (Å²) < 4.78 is 11.8. The van der Waals surface area contributed by atoms with Gasteiger partial charge < -0.3 is 14.4 Å². The van der Waals surface area contributed by atoms with Crippen molar-refractivity contribution in [1.29, 1.82) is 0 Å². The van der Waals surface area contributed by atoms with Crippen LogP contribution in [-0.2, 0) is 17.6 Å². The molecular formula is C35H41NO4. The molecule has 0 fully saturated rings. The zero-order valence-electron chi connectivity index (χ0n) is 23.5. The van der Waals surface area contributed by atoms with Gasteiger partial charge in [-0.15, -0.1) is 0 Å². The lowest BCUT2D eigenvalue weighted by molar-refractivity contribution is -0.145. The Bertz CT molecular complexity index is 1250. The third kappa shape index (κ3) is 8.84. The molecule has 1 atom stereocenters. The van der Waals surface area contributed by atoms with E-state index in [-0.39, 0.29) is 5.92 Å². The molecule has 0 saturated heterocycles. The Morgan fingerprint density at radius 2 is 1.48 bits per heavy atom. The van der Waals surface area contributed by atoms with Crippen LogP contribution in [0.5, 0.6) is 5.75 Å². The first-order valence-electron chi connectivity index (χ1n) is 14.7. The van der Waals surface area contributed by atoms with Crippen molar-refractivity contribution in [2.24, 2.45) is 0 Å². The van der Waals surface area contributed by atoms with E-state index in [0.29, 0.717) is 12.2 Å². The van der Waals surface area contributed by atoms with Gasteiger partial charge in [-0.05, 0) is 60.9 Å². The number of rotatable bonds is 17. The van der Waals surface area contributed by atoms with Gasteiger partial charge in [0.05, 0.1) is 11.6 Å². The molecule has 4 rings (SSSR count). The monoisotopic (exact) mass is 539 g/mol. The number of hydrogen-bond acceptors (Lipinski definition) is 4. The zero-order chi connectivity index (χ0) is 28.0. The highest BCUT2D eigenvalue weighted by Crippen LogP contribution is 2.32. The standard InChI is InChI=1S/C35H41NO4/c1-2-3-4-5-6-13-24-32(35(37)38)39-31-23-15-17-27(25-31)16-14-22-30-26-33(40-36-30)34(28-18-9-7-10-19-28)29-20-11-8-12-21-29/h7-12,15,17-21,23,25-26,32,34H,2-6,13-14,16,22,24H2,1H3,(H,37,38). The van der Waals surface area contributed by atoms with E-state index in [1.165, 1.54) is 30.4 Å². The smallest absolute Gasteiger partial charge is 0.344 e. The summed E-state index contributed by atoms with van der Waals surface area (Å²) in [5.74, 6) is 0.558. The number of nitrogens with zero attached hydrogens (tertiary/aromatic N) is 1. The fourth-order valence-corrected chi connectivity index (χ4v) is 5.15. The summed E-state index contributed by atoms with van der Waals surface area (Å²) >= 11 is 0. The van der Waals surface area contributed by atoms with Crippen LogP contribution >= 0.6 is 0 Å². The summed E-state index contributed by atoms with van der Waals surface area (Å²) in [5.41, 5.74) is 4.40. The highest BCUT2D eigenvalue weighted by molar-refractivity contribution is 5.72. The number of aryl methyl sites for hydroxylation is 2. The fraction of sp³-hybridized carbons (Fsp3) is 0.371. The number of carboxylic acids is 1. The van der Waals surface area contributed by atoms with Crippen molar-refractivity contribution in [2.45, 2.75) is 83.2 Å². The Morgan fingerprint density at radius 3 is 2.15 bits per heavy atom. The SMILES string of the molecule is CCCCCCCCC(Oc1cccc(CCCc2cc(C(c3ccccc3)c3ccccc3)on2)c1)C(=O)O. The van der Waals surface area contributed by atoms with E-state index < -0.39 is 12.1 Å². The van der Waals surface area contributed by atoms with Crippen molar-refractivity contribution in [2.75, 3.05) is 0 Å². The van der Waals surface area contributed by atoms with Crippen molar-refractivity contribution in [3.63, 3.8) is 0 Å². The van der Waals surface area contributed by atoms with E-state index in [1.807, 2.05) is 54.6 Å². The molecule has 5 nitrogen and oxygen atoms in total. The highest BCUT2D eigenvalue weighted by Gasteiger charge is 2.21. The van der Waals surface area contributed by atoms with Crippen molar-refractivity contribution >= 4 is 5.97 Å². The molecule has 5 heteroatoms. The first-order chi connectivity index (χ1) is 19.6. The van der Waals surface area contributed by atoms with Crippen molar-refractivity contribution < 1.29 is 19.2 Å². The van der Waals surface area contributed by atoms with E-state index >= 15 is 0 Å². The number of carbonyl (C=O) groups is 1. The molecule has 0 aliphatic carbocycles. The van der Waals surface area contributed by atoms with Gasteiger partial charge in [0.1, 0.15) is 11.5 Å². The second-order valence-electron chi connectivity index (χ2n) is 10.5. The molecule has 0 radical (unpaired) electrons. The van der Waals surface area contributed by atoms with Gasteiger partial charge in [-0.1, -0.05) is 117 Å². The minimum Gasteiger partial charge on any atom is -0.479 e. The first-order valence-corrected chi connectivity index (χ1v) is 14.7. The van der Waals surface area contributed by atoms with E-state index in [4.69, 9.17) is 9.26 Å². The number of aliphatic carboxylic acids is 1. The molecule has 0 aliphatic heterocycles. The molecule has 4 aromatic rings. The largest absolute Gasteiger partial charge is 0.479 e. The molecule has 3 aromatic carbocycles. The fourth-order valence-electron chi connectivity index (χ4n) is 5.15. The molecule has 0 bridgehead atoms. The van der Waals surface area contributed by atoms with Gasteiger partial charge >= 0.3 is 5.97 Å². The summed E-state index contributed by atoms with van der Waals surface area (Å²) in [5, 5.41) is 14.0. The van der Waals surface area contributed by atoms with Gasteiger partial charge in [0, 0.05) is 6.07 Å². The molecule has 0 amide bonds. The van der Waals surface area contributed by atoms with Gasteiger partial charge in [0.15, 0.2) is 6.10 Å². The first kappa shape index (κ1) is 29.1. The summed E-state index contributed by atoms with van der Waals surface area (Å²) in [6.45, 7) is 2.20. The number of carboxylic acid groups (broad SMARTS) is 1. The lowest BCUT2D eigenvalue weighted by Crippen LogP contribution is -2.26. The van der Waals surface area contributed by atoms with Crippen molar-refractivity contribution in [3.05, 3.63) is 119 Å². The predicted octanol–water partition coefficient (Wildman–Crippen LogP) is 8.61. The maximum absolute atomic E-state index is 11.8. The van der Waals surface area contributed by atoms with Crippen LogP contribution in [0.25, 0.3) is 0 Å². The number of aromatic nitrogens is 1. The van der Waals surface area contributed by atoms with Crippen molar-refractivity contribution in [3.8, 4) is 5.75 Å². The van der Waals surface area contributed by atoms with E-state index in [9.17, 15) is 9.90 Å². The lowest BCUT2D eigenvalue weighted by Gasteiger charge is -2.16. The van der Waals surface area contributed by atoms with Crippen molar-refractivity contribution in [1.82, 2.24) is 5.16 Å². The molecule has 1 heterocycles. The van der Waals surface area contributed by atoms with Gasteiger partial charge in [0.2, 0.25) is 0 Å². The van der Waals surface area contributed by atoms with Crippen LogP contribution in [0.4, 0.5) is 0 Å². The van der Waals surface area contributed by atoms with Gasteiger partial charge in [-0.2, -0.15) is 0 Å².